The zero-order chi connectivity index (χ0) is 20.6. The van der Waals surface area contributed by atoms with Gasteiger partial charge >= 0.3 is 0 Å². The zero-order valence-corrected chi connectivity index (χ0v) is 16.7. The van der Waals surface area contributed by atoms with Crippen LogP contribution in [0.3, 0.4) is 0 Å². The van der Waals surface area contributed by atoms with Gasteiger partial charge in [0.2, 0.25) is 5.91 Å². The summed E-state index contributed by atoms with van der Waals surface area (Å²) in [5.41, 5.74) is 1.67. The maximum Gasteiger partial charge on any atom is 0.253 e. The second kappa shape index (κ2) is 10.0. The van der Waals surface area contributed by atoms with Crippen LogP contribution in [0, 0.1) is 12.7 Å². The molecule has 3 rings (SSSR count). The molecule has 0 saturated carbocycles. The molecule has 0 unspecified atom stereocenters. The van der Waals surface area contributed by atoms with Crippen LogP contribution in [0.25, 0.3) is 0 Å². The van der Waals surface area contributed by atoms with Crippen molar-refractivity contribution in [3.63, 3.8) is 0 Å². The molecule has 1 N–H and O–H groups in total. The van der Waals surface area contributed by atoms with E-state index < -0.39 is 0 Å². The number of halogens is 1. The summed E-state index contributed by atoms with van der Waals surface area (Å²) in [6.45, 7) is 3.69. The van der Waals surface area contributed by atoms with Gasteiger partial charge in [0.05, 0.1) is 6.61 Å². The van der Waals surface area contributed by atoms with Gasteiger partial charge < -0.3 is 15.0 Å². The van der Waals surface area contributed by atoms with E-state index in [9.17, 15) is 14.0 Å². The van der Waals surface area contributed by atoms with Crippen molar-refractivity contribution in [3.05, 3.63) is 65.5 Å². The Hall–Kier alpha value is -2.89. The quantitative estimate of drug-likeness (QED) is 0.724. The van der Waals surface area contributed by atoms with Crippen molar-refractivity contribution < 1.29 is 18.7 Å². The average molecular weight is 398 g/mol. The van der Waals surface area contributed by atoms with Crippen molar-refractivity contribution in [2.24, 2.45) is 0 Å². The molecular formula is C23H27FN2O3. The first-order chi connectivity index (χ1) is 14.0. The number of hydrogen-bond acceptors (Lipinski definition) is 3. The Kier molecular flexibility index (Phi) is 7.22. The second-order valence-corrected chi connectivity index (χ2v) is 7.41. The van der Waals surface area contributed by atoms with Crippen LogP contribution < -0.4 is 10.1 Å². The Labute approximate surface area is 170 Å². The van der Waals surface area contributed by atoms with Gasteiger partial charge in [0.15, 0.2) is 0 Å². The predicted octanol–water partition coefficient (Wildman–Crippen LogP) is 3.71. The summed E-state index contributed by atoms with van der Waals surface area (Å²) in [5, 5.41) is 3.05. The van der Waals surface area contributed by atoms with Gasteiger partial charge in [-0.15, -0.1) is 0 Å². The second-order valence-electron chi connectivity index (χ2n) is 7.41. The number of nitrogens with zero attached hydrogens (tertiary/aromatic N) is 1. The highest BCUT2D eigenvalue weighted by Gasteiger charge is 2.24. The van der Waals surface area contributed by atoms with E-state index in [4.69, 9.17) is 4.74 Å². The lowest BCUT2D eigenvalue weighted by molar-refractivity contribution is -0.122. The van der Waals surface area contributed by atoms with E-state index in [1.165, 1.54) is 29.8 Å². The molecule has 1 aliphatic heterocycles. The van der Waals surface area contributed by atoms with Crippen LogP contribution in [0.2, 0.25) is 0 Å². The van der Waals surface area contributed by atoms with Crippen LogP contribution in [0.4, 0.5) is 4.39 Å². The van der Waals surface area contributed by atoms with Gasteiger partial charge in [-0.1, -0.05) is 17.7 Å². The topological polar surface area (TPSA) is 58.6 Å². The smallest absolute Gasteiger partial charge is 0.253 e. The minimum atomic E-state index is -0.354. The van der Waals surface area contributed by atoms with E-state index in [2.05, 4.69) is 5.32 Å². The molecule has 0 atom stereocenters. The maximum absolute atomic E-state index is 13.0. The summed E-state index contributed by atoms with van der Waals surface area (Å²) in [5.74, 6) is 0.380. The van der Waals surface area contributed by atoms with E-state index >= 15 is 0 Å². The minimum absolute atomic E-state index is 0.0146. The van der Waals surface area contributed by atoms with Crippen molar-refractivity contribution in [1.82, 2.24) is 10.2 Å². The number of benzene rings is 2. The lowest BCUT2D eigenvalue weighted by atomic mass is 10.0. The Morgan fingerprint density at radius 3 is 2.38 bits per heavy atom. The van der Waals surface area contributed by atoms with Crippen molar-refractivity contribution in [2.45, 2.75) is 38.6 Å². The van der Waals surface area contributed by atoms with Gasteiger partial charge in [0, 0.05) is 31.1 Å². The summed E-state index contributed by atoms with van der Waals surface area (Å²) in [6, 6.07) is 13.5. The van der Waals surface area contributed by atoms with Gasteiger partial charge in [-0.2, -0.15) is 0 Å². The summed E-state index contributed by atoms with van der Waals surface area (Å²) in [6.07, 6.45) is 2.51. The number of piperidine rings is 1. The van der Waals surface area contributed by atoms with Gasteiger partial charge in [-0.25, -0.2) is 4.39 Å². The highest BCUT2D eigenvalue weighted by molar-refractivity contribution is 5.94. The number of carbonyl (C=O) groups is 2. The minimum Gasteiger partial charge on any atom is -0.494 e. The molecule has 0 radical (unpaired) electrons. The number of aryl methyl sites for hydroxylation is 1. The van der Waals surface area contributed by atoms with Crippen LogP contribution in [-0.4, -0.2) is 42.5 Å². The fourth-order valence-electron chi connectivity index (χ4n) is 3.36. The Balaban J connectivity index is 1.33. The van der Waals surface area contributed by atoms with E-state index in [1.54, 1.807) is 4.90 Å². The molecule has 0 bridgehead atoms. The Bertz CT molecular complexity index is 813. The maximum atomic E-state index is 13.0. The first-order valence-electron chi connectivity index (χ1n) is 10.0. The highest BCUT2D eigenvalue weighted by atomic mass is 19.1. The first kappa shape index (κ1) is 20.8. The largest absolute Gasteiger partial charge is 0.494 e. The van der Waals surface area contributed by atoms with Crippen LogP contribution >= 0.6 is 0 Å². The molecule has 2 amide bonds. The van der Waals surface area contributed by atoms with Crippen LogP contribution in [0.5, 0.6) is 5.75 Å². The van der Waals surface area contributed by atoms with Gasteiger partial charge in [-0.05, 0) is 62.6 Å². The molecule has 0 aromatic heterocycles. The molecule has 2 aromatic carbocycles. The molecule has 0 aliphatic carbocycles. The number of nitrogens with one attached hydrogen (secondary N) is 1. The summed E-state index contributed by atoms with van der Waals surface area (Å²) >= 11 is 0. The molecule has 5 nitrogen and oxygen atoms in total. The molecule has 1 saturated heterocycles. The molecule has 29 heavy (non-hydrogen) atoms. The van der Waals surface area contributed by atoms with E-state index in [1.807, 2.05) is 31.2 Å². The van der Waals surface area contributed by atoms with Gasteiger partial charge in [0.25, 0.3) is 5.91 Å². The van der Waals surface area contributed by atoms with Crippen molar-refractivity contribution in [2.75, 3.05) is 19.7 Å². The predicted molar refractivity (Wildman–Crippen MR) is 109 cm³/mol. The van der Waals surface area contributed by atoms with Crippen molar-refractivity contribution in [3.8, 4) is 5.75 Å². The lowest BCUT2D eigenvalue weighted by Crippen LogP contribution is -2.46. The zero-order valence-electron chi connectivity index (χ0n) is 16.7. The Morgan fingerprint density at radius 2 is 1.72 bits per heavy atom. The van der Waals surface area contributed by atoms with Gasteiger partial charge in [-0.3, -0.25) is 9.59 Å². The highest BCUT2D eigenvalue weighted by Crippen LogP contribution is 2.15. The standard InChI is InChI=1S/C23H27FN2O3/c1-17-4-10-21(11-5-17)29-16-2-3-22(27)25-20-12-14-26(15-13-20)23(28)18-6-8-19(24)9-7-18/h4-11,20H,2-3,12-16H2,1H3,(H,25,27). The van der Waals surface area contributed by atoms with E-state index in [0.717, 1.165) is 18.6 Å². The van der Waals surface area contributed by atoms with Crippen LogP contribution in [0.15, 0.2) is 48.5 Å². The molecule has 1 aliphatic rings. The van der Waals surface area contributed by atoms with Crippen LogP contribution in [-0.2, 0) is 4.79 Å². The summed E-state index contributed by atoms with van der Waals surface area (Å²) in [4.78, 5) is 26.4. The molecule has 1 fully saturated rings. The number of hydrogen-bond donors (Lipinski definition) is 1. The molecule has 2 aromatic rings. The third-order valence-electron chi connectivity index (χ3n) is 5.08. The fraction of sp³-hybridized carbons (Fsp3) is 0.391. The third kappa shape index (κ3) is 6.31. The molecule has 6 heteroatoms. The SMILES string of the molecule is Cc1ccc(OCCCC(=O)NC2CCN(C(=O)c3ccc(F)cc3)CC2)cc1. The number of carbonyl (C=O) groups excluding carboxylic acids is 2. The average Bonchev–Trinajstić information content (AvgIpc) is 2.73. The number of ether oxygens (including phenoxy) is 1. The molecular weight excluding hydrogens is 371 g/mol. The summed E-state index contributed by atoms with van der Waals surface area (Å²) in [7, 11) is 0. The Morgan fingerprint density at radius 1 is 1.07 bits per heavy atom. The number of rotatable bonds is 7. The van der Waals surface area contributed by atoms with Crippen LogP contribution in [0.1, 0.15) is 41.6 Å². The monoisotopic (exact) mass is 398 g/mol. The number of amides is 2. The lowest BCUT2D eigenvalue weighted by Gasteiger charge is -2.32. The normalized spacial score (nSPS) is 14.5. The fourth-order valence-corrected chi connectivity index (χ4v) is 3.36. The summed E-state index contributed by atoms with van der Waals surface area (Å²) < 4.78 is 18.6. The van der Waals surface area contributed by atoms with E-state index in [-0.39, 0.29) is 23.7 Å². The van der Waals surface area contributed by atoms with E-state index in [0.29, 0.717) is 38.1 Å². The molecule has 1 heterocycles. The number of likely N-dealkylation sites (tertiary alicyclic amines) is 1. The third-order valence-corrected chi connectivity index (χ3v) is 5.08. The first-order valence-corrected chi connectivity index (χ1v) is 10.0. The molecule has 0 spiro atoms. The van der Waals surface area contributed by atoms with Crippen molar-refractivity contribution in [1.29, 1.82) is 0 Å². The van der Waals surface area contributed by atoms with Gasteiger partial charge in [0.1, 0.15) is 11.6 Å². The molecule has 154 valence electrons. The van der Waals surface area contributed by atoms with Crippen molar-refractivity contribution >= 4 is 11.8 Å².